The van der Waals surface area contributed by atoms with Gasteiger partial charge in [-0.2, -0.15) is 0 Å². The van der Waals surface area contributed by atoms with E-state index >= 15 is 0 Å². The lowest BCUT2D eigenvalue weighted by Gasteiger charge is -2.35. The summed E-state index contributed by atoms with van der Waals surface area (Å²) in [7, 11) is 0. The van der Waals surface area contributed by atoms with E-state index in [9.17, 15) is 0 Å². The van der Waals surface area contributed by atoms with Crippen LogP contribution in [-0.2, 0) is 14.2 Å². The minimum atomic E-state index is 0.193. The molecule has 2 rings (SSSR count). The molecule has 15 heavy (non-hydrogen) atoms. The van der Waals surface area contributed by atoms with Gasteiger partial charge in [0, 0.05) is 26.2 Å². The number of nitrogens with zero attached hydrogens (tertiary/aromatic N) is 1. The fraction of sp³-hybridized carbons (Fsp3) is 1.00. The second-order valence-corrected chi connectivity index (χ2v) is 4.09. The highest BCUT2D eigenvalue weighted by Gasteiger charge is 2.23. The van der Waals surface area contributed by atoms with Crippen molar-refractivity contribution in [3.63, 3.8) is 0 Å². The van der Waals surface area contributed by atoms with Crippen LogP contribution in [0.25, 0.3) is 0 Å². The van der Waals surface area contributed by atoms with E-state index in [2.05, 4.69) is 4.90 Å². The zero-order valence-corrected chi connectivity index (χ0v) is 9.06. The molecule has 2 aliphatic rings. The van der Waals surface area contributed by atoms with Gasteiger partial charge in [0.05, 0.1) is 25.4 Å². The number of hydrogen-bond acceptors (Lipinski definition) is 5. The Hall–Kier alpha value is -0.200. The maximum atomic E-state index is 5.60. The highest BCUT2D eigenvalue weighted by atomic mass is 16.7. The van der Waals surface area contributed by atoms with Crippen molar-refractivity contribution < 1.29 is 14.2 Å². The van der Waals surface area contributed by atoms with Crippen LogP contribution in [0.3, 0.4) is 0 Å². The largest absolute Gasteiger partial charge is 0.374 e. The molecule has 2 heterocycles. The van der Waals surface area contributed by atoms with Crippen molar-refractivity contribution in [1.29, 1.82) is 0 Å². The first kappa shape index (κ1) is 11.3. The average Bonchev–Trinajstić information content (AvgIpc) is 2.31. The van der Waals surface area contributed by atoms with Gasteiger partial charge >= 0.3 is 0 Å². The number of hydrogen-bond donors (Lipinski definition) is 1. The molecule has 88 valence electrons. The number of rotatable bonds is 3. The Morgan fingerprint density at radius 2 is 2.13 bits per heavy atom. The highest BCUT2D eigenvalue weighted by molar-refractivity contribution is 4.75. The summed E-state index contributed by atoms with van der Waals surface area (Å²) in [5.74, 6) is 0. The topological polar surface area (TPSA) is 57.0 Å². The van der Waals surface area contributed by atoms with Crippen LogP contribution < -0.4 is 5.73 Å². The monoisotopic (exact) mass is 216 g/mol. The molecule has 0 spiro atoms. The van der Waals surface area contributed by atoms with E-state index in [1.165, 1.54) is 0 Å². The quantitative estimate of drug-likeness (QED) is 0.683. The zero-order chi connectivity index (χ0) is 10.5. The third-order valence-electron chi connectivity index (χ3n) is 2.92. The normalized spacial score (nSPS) is 34.2. The molecule has 2 atom stereocenters. The lowest BCUT2D eigenvalue weighted by molar-refractivity contribution is -0.149. The molecule has 5 nitrogen and oxygen atoms in total. The predicted molar refractivity (Wildman–Crippen MR) is 55.5 cm³/mol. The van der Waals surface area contributed by atoms with Gasteiger partial charge in [0.2, 0.25) is 0 Å². The van der Waals surface area contributed by atoms with Crippen molar-refractivity contribution >= 4 is 0 Å². The second kappa shape index (κ2) is 5.77. The molecule has 0 radical (unpaired) electrons. The summed E-state index contributed by atoms with van der Waals surface area (Å²) in [6.45, 7) is 5.53. The van der Waals surface area contributed by atoms with Crippen molar-refractivity contribution in [3.8, 4) is 0 Å². The van der Waals surface area contributed by atoms with Crippen LogP contribution in [0.1, 0.15) is 6.42 Å². The summed E-state index contributed by atoms with van der Waals surface area (Å²) < 4.78 is 16.2. The Labute approximate surface area is 90.5 Å². The maximum Gasteiger partial charge on any atom is 0.147 e. The van der Waals surface area contributed by atoms with Crippen molar-refractivity contribution in [2.24, 2.45) is 5.73 Å². The summed E-state index contributed by atoms with van der Waals surface area (Å²) >= 11 is 0. The number of ether oxygens (including phenoxy) is 3. The van der Waals surface area contributed by atoms with Gasteiger partial charge in [-0.25, -0.2) is 0 Å². The van der Waals surface area contributed by atoms with E-state index in [0.717, 1.165) is 39.3 Å². The van der Waals surface area contributed by atoms with Gasteiger partial charge in [0.15, 0.2) is 0 Å². The van der Waals surface area contributed by atoms with Crippen molar-refractivity contribution in [2.45, 2.75) is 18.6 Å². The molecule has 5 heteroatoms. The van der Waals surface area contributed by atoms with Gasteiger partial charge in [-0.3, -0.25) is 4.90 Å². The maximum absolute atomic E-state index is 5.60. The van der Waals surface area contributed by atoms with E-state index in [0.29, 0.717) is 19.4 Å². The smallest absolute Gasteiger partial charge is 0.147 e. The summed E-state index contributed by atoms with van der Waals surface area (Å²) in [5.41, 5.74) is 5.60. The van der Waals surface area contributed by atoms with Gasteiger partial charge in [-0.15, -0.1) is 0 Å². The molecule has 0 aliphatic carbocycles. The van der Waals surface area contributed by atoms with E-state index in [-0.39, 0.29) is 6.10 Å². The minimum absolute atomic E-state index is 0.193. The number of nitrogens with two attached hydrogens (primary N) is 1. The first-order valence-electron chi connectivity index (χ1n) is 5.62. The molecular formula is C10H20N2O3. The summed E-state index contributed by atoms with van der Waals surface area (Å²) in [4.78, 5) is 2.37. The molecule has 2 saturated heterocycles. The number of morpholine rings is 1. The Morgan fingerprint density at radius 3 is 2.87 bits per heavy atom. The SMILES string of the molecule is NCC1CN(CC2CCOCO2)CCO1. The molecule has 0 aromatic heterocycles. The van der Waals surface area contributed by atoms with Crippen LogP contribution >= 0.6 is 0 Å². The van der Waals surface area contributed by atoms with Crippen LogP contribution in [0, 0.1) is 0 Å². The summed E-state index contributed by atoms with van der Waals surface area (Å²) in [6, 6.07) is 0. The zero-order valence-electron chi connectivity index (χ0n) is 9.06. The van der Waals surface area contributed by atoms with Gasteiger partial charge < -0.3 is 19.9 Å². The molecular weight excluding hydrogens is 196 g/mol. The Bertz CT molecular complexity index is 186. The first-order valence-corrected chi connectivity index (χ1v) is 5.62. The molecule has 2 fully saturated rings. The van der Waals surface area contributed by atoms with E-state index in [1.54, 1.807) is 0 Å². The van der Waals surface area contributed by atoms with Crippen molar-refractivity contribution in [3.05, 3.63) is 0 Å². The molecule has 2 aliphatic heterocycles. The third kappa shape index (κ3) is 3.39. The Morgan fingerprint density at radius 1 is 1.20 bits per heavy atom. The van der Waals surface area contributed by atoms with Gasteiger partial charge in [0.25, 0.3) is 0 Å². The first-order chi connectivity index (χ1) is 7.38. The van der Waals surface area contributed by atoms with Gasteiger partial charge in [0.1, 0.15) is 6.79 Å². The van der Waals surface area contributed by atoms with Gasteiger partial charge in [-0.05, 0) is 6.42 Å². The summed E-state index contributed by atoms with van der Waals surface area (Å²) in [6.07, 6.45) is 1.50. The van der Waals surface area contributed by atoms with Gasteiger partial charge in [-0.1, -0.05) is 0 Å². The van der Waals surface area contributed by atoms with E-state index in [4.69, 9.17) is 19.9 Å². The van der Waals surface area contributed by atoms with E-state index < -0.39 is 0 Å². The molecule has 0 aromatic carbocycles. The molecule has 0 aromatic rings. The fourth-order valence-corrected chi connectivity index (χ4v) is 2.02. The van der Waals surface area contributed by atoms with Crippen LogP contribution in [0.4, 0.5) is 0 Å². The van der Waals surface area contributed by atoms with Crippen LogP contribution in [0.15, 0.2) is 0 Å². The second-order valence-electron chi connectivity index (χ2n) is 4.09. The Kier molecular flexibility index (Phi) is 4.34. The fourth-order valence-electron chi connectivity index (χ4n) is 2.02. The van der Waals surface area contributed by atoms with Crippen LogP contribution in [0.2, 0.25) is 0 Å². The summed E-state index contributed by atoms with van der Waals surface area (Å²) in [5, 5.41) is 0. The van der Waals surface area contributed by atoms with Crippen molar-refractivity contribution in [2.75, 3.05) is 46.2 Å². The Balaban J connectivity index is 1.72. The lowest BCUT2D eigenvalue weighted by atomic mass is 10.2. The standard InChI is InChI=1S/C10H20N2O3/c11-5-10-7-12(2-4-14-10)6-9-1-3-13-8-15-9/h9-10H,1-8,11H2. The third-order valence-corrected chi connectivity index (χ3v) is 2.92. The molecule has 2 N–H and O–H groups in total. The average molecular weight is 216 g/mol. The molecule has 0 amide bonds. The highest BCUT2D eigenvalue weighted by Crippen LogP contribution is 2.11. The molecule has 0 saturated carbocycles. The minimum Gasteiger partial charge on any atom is -0.374 e. The van der Waals surface area contributed by atoms with E-state index in [1.807, 2.05) is 0 Å². The lowest BCUT2D eigenvalue weighted by Crippen LogP contribution is -2.49. The van der Waals surface area contributed by atoms with Crippen LogP contribution in [-0.4, -0.2) is 63.3 Å². The van der Waals surface area contributed by atoms with Crippen LogP contribution in [0.5, 0.6) is 0 Å². The molecule has 0 bridgehead atoms. The molecule has 2 unspecified atom stereocenters. The predicted octanol–water partition coefficient (Wildman–Crippen LogP) is -0.591. The van der Waals surface area contributed by atoms with Crippen molar-refractivity contribution in [1.82, 2.24) is 4.90 Å².